The molecule has 2 rings (SSSR count). The Morgan fingerprint density at radius 3 is 3.00 bits per heavy atom. The lowest BCUT2D eigenvalue weighted by molar-refractivity contribution is 0.0358. The first-order valence-electron chi connectivity index (χ1n) is 5.93. The summed E-state index contributed by atoms with van der Waals surface area (Å²) in [5.41, 5.74) is -1.02. The maximum atomic E-state index is 11.8. The number of alkyl carbamates (subject to hydrolysis) is 1. The molecule has 0 saturated heterocycles. The van der Waals surface area contributed by atoms with Gasteiger partial charge in [-0.2, -0.15) is 5.10 Å². The van der Waals surface area contributed by atoms with Gasteiger partial charge in [0.15, 0.2) is 0 Å². The van der Waals surface area contributed by atoms with Crippen LogP contribution in [0.4, 0.5) is 4.79 Å². The minimum Gasteiger partial charge on any atom is -0.475 e. The summed E-state index contributed by atoms with van der Waals surface area (Å²) in [6, 6.07) is 1.80. The van der Waals surface area contributed by atoms with Crippen LogP contribution in [0.25, 0.3) is 0 Å². The first-order chi connectivity index (χ1) is 8.27. The molecule has 6 heteroatoms. The van der Waals surface area contributed by atoms with E-state index >= 15 is 0 Å². The highest BCUT2D eigenvalue weighted by Crippen LogP contribution is 2.22. The van der Waals surface area contributed by atoms with Crippen molar-refractivity contribution in [1.29, 1.82) is 0 Å². The third-order valence-electron chi connectivity index (χ3n) is 2.52. The van der Waals surface area contributed by atoms with Crippen molar-refractivity contribution in [2.45, 2.75) is 45.4 Å². The fraction of sp³-hybridized carbons (Fsp3) is 0.667. The van der Waals surface area contributed by atoms with Crippen LogP contribution in [-0.2, 0) is 11.3 Å². The Bertz CT molecular complexity index is 450. The summed E-state index contributed by atoms with van der Waals surface area (Å²) >= 11 is 0. The topological polar surface area (TPSA) is 65.4 Å². The summed E-state index contributed by atoms with van der Waals surface area (Å²) in [5, 5.41) is 6.97. The molecule has 1 N–H and O–H groups in total. The predicted octanol–water partition coefficient (Wildman–Crippen LogP) is 1.56. The summed E-state index contributed by atoms with van der Waals surface area (Å²) in [6.45, 7) is 8.36. The second kappa shape index (κ2) is 4.19. The van der Waals surface area contributed by atoms with Crippen LogP contribution in [-0.4, -0.2) is 33.6 Å². The molecule has 0 aliphatic carbocycles. The molecule has 0 aromatic carbocycles. The summed E-state index contributed by atoms with van der Waals surface area (Å²) in [5.74, 6) is 0.721. The zero-order valence-corrected chi connectivity index (χ0v) is 11.2. The lowest BCUT2D eigenvalue weighted by atomic mass is 10.0. The van der Waals surface area contributed by atoms with Gasteiger partial charge in [-0.25, -0.2) is 9.48 Å². The second-order valence-electron chi connectivity index (χ2n) is 5.80. The van der Waals surface area contributed by atoms with Gasteiger partial charge in [0.25, 0.3) is 0 Å². The van der Waals surface area contributed by atoms with Gasteiger partial charge in [-0.05, 0) is 27.7 Å². The molecule has 0 unspecified atom stereocenters. The summed E-state index contributed by atoms with van der Waals surface area (Å²) in [4.78, 5) is 11.8. The van der Waals surface area contributed by atoms with E-state index < -0.39 is 17.2 Å². The monoisotopic (exact) mass is 253 g/mol. The van der Waals surface area contributed by atoms with Gasteiger partial charge in [0, 0.05) is 6.07 Å². The van der Waals surface area contributed by atoms with E-state index in [1.165, 1.54) is 0 Å². The Kier molecular flexibility index (Phi) is 2.96. The number of nitrogens with zero attached hydrogens (tertiary/aromatic N) is 2. The molecule has 1 aromatic heterocycles. The predicted molar refractivity (Wildman–Crippen MR) is 65.5 cm³/mol. The molecule has 1 aromatic rings. The fourth-order valence-corrected chi connectivity index (χ4v) is 1.80. The van der Waals surface area contributed by atoms with Crippen molar-refractivity contribution in [2.24, 2.45) is 0 Å². The van der Waals surface area contributed by atoms with E-state index in [1.54, 1.807) is 16.9 Å². The molecule has 0 saturated carbocycles. The smallest absolute Gasteiger partial charge is 0.408 e. The average molecular weight is 253 g/mol. The van der Waals surface area contributed by atoms with Crippen molar-refractivity contribution in [3.05, 3.63) is 12.3 Å². The van der Waals surface area contributed by atoms with Crippen molar-refractivity contribution in [2.75, 3.05) is 6.61 Å². The normalized spacial score (nSPS) is 22.9. The largest absolute Gasteiger partial charge is 0.475 e. The highest BCUT2D eigenvalue weighted by Gasteiger charge is 2.34. The molecule has 1 atom stereocenters. The minimum atomic E-state index is -0.513. The molecule has 18 heavy (non-hydrogen) atoms. The maximum absolute atomic E-state index is 11.8. The number of rotatable bonds is 1. The summed E-state index contributed by atoms with van der Waals surface area (Å²) in [6.07, 6.45) is 1.23. The molecule has 1 aliphatic rings. The Balaban J connectivity index is 2.00. The number of ether oxygens (including phenoxy) is 2. The Labute approximate surface area is 106 Å². The van der Waals surface area contributed by atoms with Crippen molar-refractivity contribution >= 4 is 6.09 Å². The zero-order chi connectivity index (χ0) is 13.4. The van der Waals surface area contributed by atoms with Crippen molar-refractivity contribution in [3.63, 3.8) is 0 Å². The lowest BCUT2D eigenvalue weighted by Gasteiger charge is -2.35. The number of amides is 1. The van der Waals surface area contributed by atoms with Crippen LogP contribution >= 0.6 is 0 Å². The Morgan fingerprint density at radius 2 is 2.33 bits per heavy atom. The van der Waals surface area contributed by atoms with Crippen LogP contribution in [0.1, 0.15) is 27.7 Å². The average Bonchev–Trinajstić information content (AvgIpc) is 2.59. The van der Waals surface area contributed by atoms with Crippen LogP contribution in [0.5, 0.6) is 5.88 Å². The van der Waals surface area contributed by atoms with Gasteiger partial charge in [-0.15, -0.1) is 0 Å². The van der Waals surface area contributed by atoms with E-state index in [9.17, 15) is 4.79 Å². The van der Waals surface area contributed by atoms with Gasteiger partial charge in [0.1, 0.15) is 12.2 Å². The fourth-order valence-electron chi connectivity index (χ4n) is 1.80. The zero-order valence-electron chi connectivity index (χ0n) is 11.2. The highest BCUT2D eigenvalue weighted by atomic mass is 16.6. The standard InChI is InChI=1S/C12H19N3O3/c1-11(2,3)18-10(16)14-12(4)7-15-9(17-8-12)5-6-13-15/h5-6H,7-8H2,1-4H3,(H,14,16)/t12-/m0/s1. The lowest BCUT2D eigenvalue weighted by Crippen LogP contribution is -2.56. The molecule has 0 bridgehead atoms. The quantitative estimate of drug-likeness (QED) is 0.824. The van der Waals surface area contributed by atoms with Crippen LogP contribution in [0.15, 0.2) is 12.3 Å². The van der Waals surface area contributed by atoms with Gasteiger partial charge in [-0.3, -0.25) is 0 Å². The molecule has 0 spiro atoms. The Hall–Kier alpha value is -1.72. The van der Waals surface area contributed by atoms with E-state index in [0.717, 1.165) is 5.88 Å². The molecule has 0 fully saturated rings. The Morgan fingerprint density at radius 1 is 1.61 bits per heavy atom. The van der Waals surface area contributed by atoms with Gasteiger partial charge in [0.05, 0.1) is 18.3 Å². The van der Waals surface area contributed by atoms with Crippen LogP contribution in [0.3, 0.4) is 0 Å². The van der Waals surface area contributed by atoms with E-state index in [1.807, 2.05) is 27.7 Å². The summed E-state index contributed by atoms with van der Waals surface area (Å²) in [7, 11) is 0. The van der Waals surface area contributed by atoms with Gasteiger partial charge in [0.2, 0.25) is 5.88 Å². The molecule has 1 aliphatic heterocycles. The van der Waals surface area contributed by atoms with E-state index in [4.69, 9.17) is 9.47 Å². The van der Waals surface area contributed by atoms with E-state index in [0.29, 0.717) is 13.2 Å². The van der Waals surface area contributed by atoms with E-state index in [-0.39, 0.29) is 0 Å². The number of hydrogen-bond acceptors (Lipinski definition) is 4. The first kappa shape index (κ1) is 12.7. The molecular weight excluding hydrogens is 234 g/mol. The van der Waals surface area contributed by atoms with Gasteiger partial charge < -0.3 is 14.8 Å². The van der Waals surface area contributed by atoms with Crippen molar-refractivity contribution < 1.29 is 14.3 Å². The molecule has 6 nitrogen and oxygen atoms in total. The molecular formula is C12H19N3O3. The van der Waals surface area contributed by atoms with Crippen molar-refractivity contribution in [3.8, 4) is 5.88 Å². The number of carbonyl (C=O) groups is 1. The summed E-state index contributed by atoms with van der Waals surface area (Å²) < 4.78 is 12.5. The number of nitrogens with one attached hydrogen (secondary N) is 1. The van der Waals surface area contributed by atoms with Crippen LogP contribution in [0.2, 0.25) is 0 Å². The molecule has 0 radical (unpaired) electrons. The van der Waals surface area contributed by atoms with E-state index in [2.05, 4.69) is 10.4 Å². The molecule has 1 amide bonds. The third kappa shape index (κ3) is 2.94. The second-order valence-corrected chi connectivity index (χ2v) is 5.80. The SMILES string of the molecule is CC(C)(C)OC(=O)N[C@]1(C)COc2ccnn2C1. The van der Waals surface area contributed by atoms with Gasteiger partial charge >= 0.3 is 6.09 Å². The number of fused-ring (bicyclic) bond motifs is 1. The molecule has 100 valence electrons. The number of aromatic nitrogens is 2. The minimum absolute atomic E-state index is 0.401. The maximum Gasteiger partial charge on any atom is 0.408 e. The number of carbonyl (C=O) groups excluding carboxylic acids is 1. The highest BCUT2D eigenvalue weighted by molar-refractivity contribution is 5.68. The number of hydrogen-bond donors (Lipinski definition) is 1. The van der Waals surface area contributed by atoms with Crippen molar-refractivity contribution in [1.82, 2.24) is 15.1 Å². The third-order valence-corrected chi connectivity index (χ3v) is 2.52. The molecule has 2 heterocycles. The van der Waals surface area contributed by atoms with Crippen LogP contribution < -0.4 is 10.1 Å². The van der Waals surface area contributed by atoms with Gasteiger partial charge in [-0.1, -0.05) is 0 Å². The van der Waals surface area contributed by atoms with Crippen LogP contribution in [0, 0.1) is 0 Å². The first-order valence-corrected chi connectivity index (χ1v) is 5.93.